The van der Waals surface area contributed by atoms with E-state index in [0.29, 0.717) is 27.9 Å². The van der Waals surface area contributed by atoms with Crippen LogP contribution in [0, 0.1) is 0 Å². The minimum absolute atomic E-state index is 0.313. The summed E-state index contributed by atoms with van der Waals surface area (Å²) in [5.41, 5.74) is 0.880. The SMILES string of the molecule is CSc1ccc(Cl)c(C(=O)Nc2cccnc2Oc2ccccc2)c1. The van der Waals surface area contributed by atoms with Gasteiger partial charge in [0.15, 0.2) is 0 Å². The number of rotatable bonds is 5. The fraction of sp³-hybridized carbons (Fsp3) is 0.0526. The van der Waals surface area contributed by atoms with E-state index in [2.05, 4.69) is 10.3 Å². The van der Waals surface area contributed by atoms with E-state index >= 15 is 0 Å². The fourth-order valence-electron chi connectivity index (χ4n) is 2.16. The van der Waals surface area contributed by atoms with Gasteiger partial charge in [0.1, 0.15) is 11.4 Å². The largest absolute Gasteiger partial charge is 0.437 e. The van der Waals surface area contributed by atoms with Crippen LogP contribution in [-0.4, -0.2) is 17.1 Å². The molecule has 3 rings (SSSR count). The predicted molar refractivity (Wildman–Crippen MR) is 102 cm³/mol. The molecule has 1 aromatic heterocycles. The van der Waals surface area contributed by atoms with E-state index in [9.17, 15) is 4.79 Å². The minimum atomic E-state index is -0.313. The molecule has 0 spiro atoms. The zero-order valence-corrected chi connectivity index (χ0v) is 15.0. The highest BCUT2D eigenvalue weighted by atomic mass is 35.5. The predicted octanol–water partition coefficient (Wildman–Crippen LogP) is 5.50. The quantitative estimate of drug-likeness (QED) is 0.602. The van der Waals surface area contributed by atoms with Crippen molar-refractivity contribution in [1.82, 2.24) is 4.98 Å². The number of amides is 1. The molecule has 0 aliphatic heterocycles. The summed E-state index contributed by atoms with van der Waals surface area (Å²) in [7, 11) is 0. The van der Waals surface area contributed by atoms with Crippen LogP contribution < -0.4 is 10.1 Å². The summed E-state index contributed by atoms with van der Waals surface area (Å²) in [6.45, 7) is 0. The molecule has 0 radical (unpaired) electrons. The normalized spacial score (nSPS) is 10.3. The Balaban J connectivity index is 1.85. The lowest BCUT2D eigenvalue weighted by Gasteiger charge is -2.12. The van der Waals surface area contributed by atoms with Gasteiger partial charge in [0, 0.05) is 11.1 Å². The Morgan fingerprint density at radius 1 is 1.12 bits per heavy atom. The number of ether oxygens (including phenoxy) is 1. The fourth-order valence-corrected chi connectivity index (χ4v) is 2.81. The van der Waals surface area contributed by atoms with E-state index in [1.165, 1.54) is 0 Å². The van der Waals surface area contributed by atoms with Gasteiger partial charge in [0.05, 0.1) is 10.6 Å². The number of benzene rings is 2. The number of thioether (sulfide) groups is 1. The first-order valence-electron chi connectivity index (χ1n) is 7.50. The number of anilines is 1. The first kappa shape index (κ1) is 17.3. The molecule has 0 aliphatic rings. The maximum absolute atomic E-state index is 12.6. The van der Waals surface area contributed by atoms with Crippen LogP contribution in [0.5, 0.6) is 11.6 Å². The Labute approximate surface area is 155 Å². The molecule has 1 amide bonds. The van der Waals surface area contributed by atoms with Gasteiger partial charge in [-0.25, -0.2) is 4.98 Å². The monoisotopic (exact) mass is 370 g/mol. The third-order valence-corrected chi connectivity index (χ3v) is 4.45. The highest BCUT2D eigenvalue weighted by Crippen LogP contribution is 2.28. The van der Waals surface area contributed by atoms with Crippen molar-refractivity contribution < 1.29 is 9.53 Å². The van der Waals surface area contributed by atoms with Gasteiger partial charge < -0.3 is 10.1 Å². The Bertz CT molecular complexity index is 888. The molecule has 0 aliphatic carbocycles. The summed E-state index contributed by atoms with van der Waals surface area (Å²) in [6, 6.07) is 18.1. The number of carbonyl (C=O) groups excluding carboxylic acids is 1. The van der Waals surface area contributed by atoms with Crippen LogP contribution in [0.1, 0.15) is 10.4 Å². The Morgan fingerprint density at radius 3 is 2.68 bits per heavy atom. The molecule has 3 aromatic rings. The highest BCUT2D eigenvalue weighted by molar-refractivity contribution is 7.98. The molecule has 0 saturated carbocycles. The molecule has 25 heavy (non-hydrogen) atoms. The zero-order chi connectivity index (χ0) is 17.6. The number of hydrogen-bond donors (Lipinski definition) is 1. The Morgan fingerprint density at radius 2 is 1.92 bits per heavy atom. The lowest BCUT2D eigenvalue weighted by molar-refractivity contribution is 0.102. The molecule has 4 nitrogen and oxygen atoms in total. The molecular formula is C19H15ClN2O2S. The molecular weight excluding hydrogens is 356 g/mol. The lowest BCUT2D eigenvalue weighted by atomic mass is 10.2. The van der Waals surface area contributed by atoms with Crippen molar-refractivity contribution >= 4 is 35.0 Å². The van der Waals surface area contributed by atoms with Crippen molar-refractivity contribution in [3.8, 4) is 11.6 Å². The average Bonchev–Trinajstić information content (AvgIpc) is 2.64. The van der Waals surface area contributed by atoms with Crippen LogP contribution in [0.25, 0.3) is 0 Å². The zero-order valence-electron chi connectivity index (χ0n) is 13.4. The minimum Gasteiger partial charge on any atom is -0.437 e. The molecule has 1 N–H and O–H groups in total. The van der Waals surface area contributed by atoms with Gasteiger partial charge in [-0.3, -0.25) is 4.79 Å². The van der Waals surface area contributed by atoms with Crippen LogP contribution in [0.15, 0.2) is 71.8 Å². The molecule has 1 heterocycles. The summed E-state index contributed by atoms with van der Waals surface area (Å²) < 4.78 is 5.76. The second-order valence-electron chi connectivity index (χ2n) is 5.07. The second kappa shape index (κ2) is 8.05. The average molecular weight is 371 g/mol. The molecule has 0 saturated heterocycles. The third-order valence-electron chi connectivity index (χ3n) is 3.40. The van der Waals surface area contributed by atoms with Crippen LogP contribution in [0.4, 0.5) is 5.69 Å². The number of para-hydroxylation sites is 1. The maximum Gasteiger partial charge on any atom is 0.257 e. The molecule has 0 bridgehead atoms. The van der Waals surface area contributed by atoms with Crippen LogP contribution in [0.3, 0.4) is 0 Å². The Hall–Kier alpha value is -2.50. The maximum atomic E-state index is 12.6. The number of nitrogens with one attached hydrogen (secondary N) is 1. The van der Waals surface area contributed by atoms with Gasteiger partial charge in [0.25, 0.3) is 5.91 Å². The van der Waals surface area contributed by atoms with Crippen molar-refractivity contribution in [2.45, 2.75) is 4.90 Å². The van der Waals surface area contributed by atoms with Gasteiger partial charge in [-0.1, -0.05) is 29.8 Å². The van der Waals surface area contributed by atoms with Crippen molar-refractivity contribution in [2.24, 2.45) is 0 Å². The third kappa shape index (κ3) is 4.32. The van der Waals surface area contributed by atoms with Crippen molar-refractivity contribution in [2.75, 3.05) is 11.6 Å². The number of pyridine rings is 1. The molecule has 6 heteroatoms. The van der Waals surface area contributed by atoms with Gasteiger partial charge in [-0.2, -0.15) is 0 Å². The van der Waals surface area contributed by atoms with E-state index in [0.717, 1.165) is 4.90 Å². The van der Waals surface area contributed by atoms with Crippen molar-refractivity contribution in [1.29, 1.82) is 0 Å². The van der Waals surface area contributed by atoms with E-state index in [1.807, 2.05) is 42.7 Å². The molecule has 0 fully saturated rings. The highest BCUT2D eigenvalue weighted by Gasteiger charge is 2.15. The standard InChI is InChI=1S/C19H15ClN2O2S/c1-25-14-9-10-16(20)15(12-14)18(23)22-17-8-5-11-21-19(17)24-13-6-3-2-4-7-13/h2-12H,1H3,(H,22,23). The topological polar surface area (TPSA) is 51.2 Å². The van der Waals surface area contributed by atoms with Gasteiger partial charge in [-0.05, 0) is 48.7 Å². The lowest BCUT2D eigenvalue weighted by Crippen LogP contribution is -2.13. The van der Waals surface area contributed by atoms with Gasteiger partial charge in [-0.15, -0.1) is 11.8 Å². The van der Waals surface area contributed by atoms with Crippen LogP contribution in [0.2, 0.25) is 5.02 Å². The summed E-state index contributed by atoms with van der Waals surface area (Å²) in [5, 5.41) is 3.21. The number of nitrogens with zero attached hydrogens (tertiary/aromatic N) is 1. The van der Waals surface area contributed by atoms with Crippen LogP contribution >= 0.6 is 23.4 Å². The Kier molecular flexibility index (Phi) is 5.58. The first-order valence-corrected chi connectivity index (χ1v) is 9.10. The van der Waals surface area contributed by atoms with Gasteiger partial charge in [0.2, 0.25) is 5.88 Å². The summed E-state index contributed by atoms with van der Waals surface area (Å²) >= 11 is 7.71. The second-order valence-corrected chi connectivity index (χ2v) is 6.36. The number of carbonyl (C=O) groups is 1. The first-order chi connectivity index (χ1) is 12.2. The molecule has 0 unspecified atom stereocenters. The van der Waals surface area contributed by atoms with Gasteiger partial charge >= 0.3 is 0 Å². The van der Waals surface area contributed by atoms with E-state index in [4.69, 9.17) is 16.3 Å². The van der Waals surface area contributed by atoms with E-state index in [1.54, 1.807) is 42.2 Å². The number of halogens is 1. The molecule has 2 aromatic carbocycles. The van der Waals surface area contributed by atoms with Crippen LogP contribution in [-0.2, 0) is 0 Å². The van der Waals surface area contributed by atoms with Crippen molar-refractivity contribution in [3.05, 3.63) is 77.4 Å². The molecule has 126 valence electrons. The van der Waals surface area contributed by atoms with E-state index < -0.39 is 0 Å². The number of aromatic nitrogens is 1. The van der Waals surface area contributed by atoms with E-state index in [-0.39, 0.29) is 5.91 Å². The number of hydrogen-bond acceptors (Lipinski definition) is 4. The summed E-state index contributed by atoms with van der Waals surface area (Å²) in [6.07, 6.45) is 3.55. The summed E-state index contributed by atoms with van der Waals surface area (Å²) in [4.78, 5) is 17.8. The summed E-state index contributed by atoms with van der Waals surface area (Å²) in [5.74, 6) is 0.644. The van der Waals surface area contributed by atoms with Crippen molar-refractivity contribution in [3.63, 3.8) is 0 Å². The molecule has 0 atom stereocenters. The smallest absolute Gasteiger partial charge is 0.257 e.